The molecule has 0 aliphatic carbocycles. The molecule has 1 aliphatic rings. The zero-order valence-electron chi connectivity index (χ0n) is 10.7. The Balaban J connectivity index is 2.53. The lowest BCUT2D eigenvalue weighted by atomic mass is 10.0. The molecule has 0 aromatic rings. The summed E-state index contributed by atoms with van der Waals surface area (Å²) in [5.74, 6) is -1.19. The maximum absolute atomic E-state index is 11.0. The van der Waals surface area contributed by atoms with Gasteiger partial charge >= 0.3 is 5.97 Å². The molecule has 1 saturated heterocycles. The molecule has 1 rings (SSSR count). The van der Waals surface area contributed by atoms with Crippen molar-refractivity contribution in [3.63, 3.8) is 0 Å². The number of aliphatic hydroxyl groups is 1. The van der Waals surface area contributed by atoms with Crippen LogP contribution in [0.15, 0.2) is 0 Å². The van der Waals surface area contributed by atoms with E-state index in [0.29, 0.717) is 12.6 Å². The van der Waals surface area contributed by atoms with Crippen LogP contribution in [0.4, 0.5) is 0 Å². The molecule has 0 aromatic heterocycles. The van der Waals surface area contributed by atoms with Gasteiger partial charge in [0.1, 0.15) is 0 Å². The van der Waals surface area contributed by atoms with Crippen LogP contribution in [-0.4, -0.2) is 59.4 Å². The van der Waals surface area contributed by atoms with Crippen LogP contribution in [-0.2, 0) is 4.79 Å². The van der Waals surface area contributed by atoms with E-state index in [4.69, 9.17) is 10.2 Å². The number of carboxylic acid groups (broad SMARTS) is 1. The lowest BCUT2D eigenvalue weighted by Crippen LogP contribution is -2.47. The van der Waals surface area contributed by atoms with Gasteiger partial charge in [-0.25, -0.2) is 0 Å². The van der Waals surface area contributed by atoms with E-state index < -0.39 is 11.9 Å². The Morgan fingerprint density at radius 2 is 2.24 bits per heavy atom. The minimum Gasteiger partial charge on any atom is -0.481 e. The van der Waals surface area contributed by atoms with Crippen LogP contribution in [0.3, 0.4) is 0 Å². The minimum atomic E-state index is -0.778. The summed E-state index contributed by atoms with van der Waals surface area (Å²) < 4.78 is 0. The molecule has 1 heterocycles. The normalized spacial score (nSPS) is 23.9. The van der Waals surface area contributed by atoms with E-state index in [2.05, 4.69) is 10.2 Å². The fraction of sp³-hybridized carbons (Fsp3) is 0.917. The van der Waals surface area contributed by atoms with Crippen molar-refractivity contribution in [2.24, 2.45) is 5.92 Å². The van der Waals surface area contributed by atoms with E-state index in [0.717, 1.165) is 19.5 Å². The number of nitrogens with zero attached hydrogens (tertiary/aromatic N) is 1. The summed E-state index contributed by atoms with van der Waals surface area (Å²) in [4.78, 5) is 13.1. The van der Waals surface area contributed by atoms with Gasteiger partial charge in [-0.05, 0) is 26.3 Å². The number of carbonyl (C=O) groups is 1. The maximum Gasteiger partial charge on any atom is 0.307 e. The number of carboxylic acids is 1. The van der Waals surface area contributed by atoms with Gasteiger partial charge in [0.2, 0.25) is 0 Å². The topological polar surface area (TPSA) is 72.8 Å². The molecule has 1 aliphatic heterocycles. The van der Waals surface area contributed by atoms with Crippen LogP contribution in [0.1, 0.15) is 26.7 Å². The van der Waals surface area contributed by atoms with Crippen molar-refractivity contribution < 1.29 is 15.0 Å². The highest BCUT2D eigenvalue weighted by Crippen LogP contribution is 2.14. The summed E-state index contributed by atoms with van der Waals surface area (Å²) >= 11 is 0. The van der Waals surface area contributed by atoms with Gasteiger partial charge in [-0.2, -0.15) is 0 Å². The Kier molecular flexibility index (Phi) is 5.88. The smallest absolute Gasteiger partial charge is 0.307 e. The van der Waals surface area contributed by atoms with Crippen LogP contribution in [0.2, 0.25) is 0 Å². The molecule has 17 heavy (non-hydrogen) atoms. The van der Waals surface area contributed by atoms with Gasteiger partial charge in [0, 0.05) is 25.2 Å². The van der Waals surface area contributed by atoms with Gasteiger partial charge < -0.3 is 15.5 Å². The zero-order valence-corrected chi connectivity index (χ0v) is 10.7. The van der Waals surface area contributed by atoms with Crippen molar-refractivity contribution >= 4 is 5.97 Å². The Morgan fingerprint density at radius 3 is 2.71 bits per heavy atom. The number of hydrogen-bond donors (Lipinski definition) is 3. The van der Waals surface area contributed by atoms with Crippen LogP contribution in [0, 0.1) is 5.92 Å². The number of rotatable bonds is 7. The molecule has 5 nitrogen and oxygen atoms in total. The maximum atomic E-state index is 11.0. The highest BCUT2D eigenvalue weighted by molar-refractivity contribution is 5.70. The number of hydrogen-bond acceptors (Lipinski definition) is 4. The summed E-state index contributed by atoms with van der Waals surface area (Å²) in [6.07, 6.45) is 2.32. The van der Waals surface area contributed by atoms with E-state index in [9.17, 15) is 4.79 Å². The number of nitrogens with one attached hydrogen (secondary N) is 1. The Labute approximate surface area is 103 Å². The monoisotopic (exact) mass is 244 g/mol. The zero-order chi connectivity index (χ0) is 12.8. The Morgan fingerprint density at radius 1 is 1.53 bits per heavy atom. The van der Waals surface area contributed by atoms with E-state index in [1.807, 2.05) is 6.92 Å². The minimum absolute atomic E-state index is 0.0537. The van der Waals surface area contributed by atoms with Crippen molar-refractivity contribution in [3.8, 4) is 0 Å². The predicted molar refractivity (Wildman–Crippen MR) is 65.9 cm³/mol. The summed E-state index contributed by atoms with van der Waals surface area (Å²) in [6, 6.07) is 0.382. The van der Waals surface area contributed by atoms with Crippen molar-refractivity contribution in [1.29, 1.82) is 0 Å². The first-order chi connectivity index (χ1) is 8.06. The fourth-order valence-corrected chi connectivity index (χ4v) is 2.31. The lowest BCUT2D eigenvalue weighted by Gasteiger charge is -2.33. The van der Waals surface area contributed by atoms with Gasteiger partial charge in [0.25, 0.3) is 0 Å². The second kappa shape index (κ2) is 6.93. The van der Waals surface area contributed by atoms with Crippen molar-refractivity contribution in [2.75, 3.05) is 26.2 Å². The Bertz CT molecular complexity index is 242. The molecule has 0 radical (unpaired) electrons. The van der Waals surface area contributed by atoms with Crippen LogP contribution in [0.25, 0.3) is 0 Å². The van der Waals surface area contributed by atoms with Gasteiger partial charge in [-0.1, -0.05) is 6.92 Å². The SMILES string of the molecule is CC(C(=O)O)C(C)N(CCO)CC1CCCN1. The molecule has 5 heteroatoms. The average Bonchev–Trinajstić information content (AvgIpc) is 2.79. The number of aliphatic hydroxyl groups excluding tert-OH is 1. The molecule has 3 unspecified atom stereocenters. The van der Waals surface area contributed by atoms with Gasteiger partial charge in [-0.3, -0.25) is 9.69 Å². The quantitative estimate of drug-likeness (QED) is 0.594. The predicted octanol–water partition coefficient (Wildman–Crippen LogP) is 0.142. The molecule has 3 N–H and O–H groups in total. The summed E-state index contributed by atoms with van der Waals surface area (Å²) in [6.45, 7) is 6.11. The molecule has 0 amide bonds. The lowest BCUT2D eigenvalue weighted by molar-refractivity contribution is -0.143. The molecule has 0 spiro atoms. The van der Waals surface area contributed by atoms with Crippen LogP contribution in [0.5, 0.6) is 0 Å². The van der Waals surface area contributed by atoms with E-state index in [-0.39, 0.29) is 12.6 Å². The third-order valence-electron chi connectivity index (χ3n) is 3.69. The first-order valence-corrected chi connectivity index (χ1v) is 6.37. The molecule has 0 aromatic carbocycles. The highest BCUT2D eigenvalue weighted by Gasteiger charge is 2.27. The van der Waals surface area contributed by atoms with Crippen LogP contribution >= 0.6 is 0 Å². The largest absolute Gasteiger partial charge is 0.481 e. The van der Waals surface area contributed by atoms with E-state index in [1.54, 1.807) is 6.92 Å². The molecular weight excluding hydrogens is 220 g/mol. The first kappa shape index (κ1) is 14.4. The van der Waals surface area contributed by atoms with Crippen molar-refractivity contribution in [1.82, 2.24) is 10.2 Å². The van der Waals surface area contributed by atoms with Gasteiger partial charge in [0.05, 0.1) is 12.5 Å². The van der Waals surface area contributed by atoms with E-state index >= 15 is 0 Å². The third kappa shape index (κ3) is 4.26. The second-order valence-corrected chi connectivity index (χ2v) is 4.88. The second-order valence-electron chi connectivity index (χ2n) is 4.88. The molecule has 0 bridgehead atoms. The highest BCUT2D eigenvalue weighted by atomic mass is 16.4. The molecular formula is C12H24N2O3. The summed E-state index contributed by atoms with van der Waals surface area (Å²) in [5, 5.41) is 21.5. The molecule has 1 fully saturated rings. The molecule has 3 atom stereocenters. The van der Waals surface area contributed by atoms with Crippen molar-refractivity contribution in [2.45, 2.75) is 38.8 Å². The van der Waals surface area contributed by atoms with Gasteiger partial charge in [0.15, 0.2) is 0 Å². The molecule has 0 saturated carbocycles. The summed E-state index contributed by atoms with van der Waals surface area (Å²) in [7, 11) is 0. The third-order valence-corrected chi connectivity index (χ3v) is 3.69. The first-order valence-electron chi connectivity index (χ1n) is 6.37. The van der Waals surface area contributed by atoms with Crippen LogP contribution < -0.4 is 5.32 Å². The standard InChI is InChI=1S/C12H24N2O3/c1-9(12(16)17)10(2)14(6-7-15)8-11-4-3-5-13-11/h9-11,13,15H,3-8H2,1-2H3,(H,16,17). The Hall–Kier alpha value is -0.650. The summed E-state index contributed by atoms with van der Waals surface area (Å²) in [5.41, 5.74) is 0. The molecule has 100 valence electrons. The van der Waals surface area contributed by atoms with Gasteiger partial charge in [-0.15, -0.1) is 0 Å². The number of aliphatic carboxylic acids is 1. The average molecular weight is 244 g/mol. The van der Waals surface area contributed by atoms with Crippen molar-refractivity contribution in [3.05, 3.63) is 0 Å². The fourth-order valence-electron chi connectivity index (χ4n) is 2.31. The van der Waals surface area contributed by atoms with E-state index in [1.165, 1.54) is 6.42 Å².